The van der Waals surface area contributed by atoms with Gasteiger partial charge in [-0.1, -0.05) is 36.4 Å². The van der Waals surface area contributed by atoms with Crippen LogP contribution in [0.1, 0.15) is 24.5 Å². The van der Waals surface area contributed by atoms with E-state index < -0.39 is 23.4 Å². The third-order valence-electron chi connectivity index (χ3n) is 4.78. The highest BCUT2D eigenvalue weighted by molar-refractivity contribution is 5.92. The fourth-order valence-corrected chi connectivity index (χ4v) is 3.12. The predicted molar refractivity (Wildman–Crippen MR) is 101 cm³/mol. The van der Waals surface area contributed by atoms with Gasteiger partial charge >= 0.3 is 11.9 Å². The number of carboxylic acid groups (broad SMARTS) is 2. The van der Waals surface area contributed by atoms with Crippen molar-refractivity contribution in [2.75, 3.05) is 18.4 Å². The van der Waals surface area contributed by atoms with Gasteiger partial charge in [0.25, 0.3) is 0 Å². The van der Waals surface area contributed by atoms with Crippen LogP contribution in [0.25, 0.3) is 0 Å². The summed E-state index contributed by atoms with van der Waals surface area (Å²) in [6.07, 6.45) is 5.20. The molecule has 6 heteroatoms. The quantitative estimate of drug-likeness (QED) is 0.534. The summed E-state index contributed by atoms with van der Waals surface area (Å²) >= 11 is 0. The van der Waals surface area contributed by atoms with Crippen LogP contribution >= 0.6 is 0 Å². The fourth-order valence-electron chi connectivity index (χ4n) is 3.12. The molecule has 140 valence electrons. The van der Waals surface area contributed by atoms with Gasteiger partial charge in [-0.25, -0.2) is 4.79 Å². The van der Waals surface area contributed by atoms with E-state index in [2.05, 4.69) is 36.6 Å². The van der Waals surface area contributed by atoms with E-state index in [1.54, 1.807) is 6.08 Å². The minimum Gasteiger partial charge on any atom is -0.481 e. The van der Waals surface area contributed by atoms with Crippen LogP contribution in [0.4, 0.5) is 5.69 Å². The Hall–Kier alpha value is -2.60. The number of carbonyl (C=O) groups is 2. The average Bonchev–Trinajstić information content (AvgIpc) is 2.57. The Kier molecular flexibility index (Phi) is 6.21. The van der Waals surface area contributed by atoms with Crippen LogP contribution in [0.2, 0.25) is 0 Å². The molecule has 1 aliphatic carbocycles. The molecule has 0 bridgehead atoms. The SMILES string of the molecule is Cc1cccc(C)c1NCCCNC1C=CC(C(=O)O)=CC1(C)C(=O)O. The zero-order chi connectivity index (χ0) is 19.3. The number of para-hydroxylation sites is 1. The highest BCUT2D eigenvalue weighted by Crippen LogP contribution is 2.31. The highest BCUT2D eigenvalue weighted by Gasteiger charge is 2.41. The molecule has 2 unspecified atom stereocenters. The van der Waals surface area contributed by atoms with Crippen LogP contribution < -0.4 is 10.6 Å². The normalized spacial score (nSPS) is 22.0. The molecule has 0 spiro atoms. The number of aliphatic carboxylic acids is 2. The van der Waals surface area contributed by atoms with Crippen LogP contribution in [0, 0.1) is 19.3 Å². The van der Waals surface area contributed by atoms with Gasteiger partial charge in [-0.05, 0) is 44.9 Å². The van der Waals surface area contributed by atoms with Crippen LogP contribution in [0.3, 0.4) is 0 Å². The molecule has 0 radical (unpaired) electrons. The topological polar surface area (TPSA) is 98.7 Å². The first kappa shape index (κ1) is 19.7. The number of rotatable bonds is 8. The van der Waals surface area contributed by atoms with Crippen molar-refractivity contribution in [1.29, 1.82) is 0 Å². The molecule has 0 heterocycles. The number of nitrogens with one attached hydrogen (secondary N) is 2. The molecule has 26 heavy (non-hydrogen) atoms. The van der Waals surface area contributed by atoms with Crippen molar-refractivity contribution in [2.24, 2.45) is 5.41 Å². The first-order valence-corrected chi connectivity index (χ1v) is 8.67. The third-order valence-corrected chi connectivity index (χ3v) is 4.78. The maximum Gasteiger partial charge on any atom is 0.335 e. The molecular formula is C20H26N2O4. The van der Waals surface area contributed by atoms with Crippen LogP contribution in [-0.2, 0) is 9.59 Å². The van der Waals surface area contributed by atoms with Crippen LogP contribution in [0.5, 0.6) is 0 Å². The standard InChI is InChI=1S/C20H26N2O4/c1-13-6-4-7-14(2)17(13)22-11-5-10-21-16-9-8-15(18(23)24)12-20(16,3)19(25)26/h4,6-9,12,16,21-22H,5,10-11H2,1-3H3,(H,23,24)(H,25,26). The second-order valence-corrected chi connectivity index (χ2v) is 6.83. The summed E-state index contributed by atoms with van der Waals surface area (Å²) in [6, 6.07) is 5.69. The van der Waals surface area contributed by atoms with Crippen molar-refractivity contribution in [3.8, 4) is 0 Å². The molecule has 0 saturated carbocycles. The van der Waals surface area contributed by atoms with E-state index in [-0.39, 0.29) is 5.57 Å². The van der Waals surface area contributed by atoms with Crippen molar-refractivity contribution in [2.45, 2.75) is 33.2 Å². The smallest absolute Gasteiger partial charge is 0.335 e. The average molecular weight is 358 g/mol. The molecule has 0 amide bonds. The molecule has 1 aliphatic rings. The third kappa shape index (κ3) is 4.32. The minimum atomic E-state index is -1.29. The molecule has 4 N–H and O–H groups in total. The van der Waals surface area contributed by atoms with Crippen molar-refractivity contribution in [3.05, 3.63) is 53.1 Å². The lowest BCUT2D eigenvalue weighted by atomic mass is 9.77. The Morgan fingerprint density at radius 1 is 1.15 bits per heavy atom. The Bertz CT molecular complexity index is 734. The summed E-state index contributed by atoms with van der Waals surface area (Å²) in [5, 5.41) is 25.3. The maximum absolute atomic E-state index is 11.7. The molecule has 1 aromatic rings. The Morgan fingerprint density at radius 3 is 2.38 bits per heavy atom. The summed E-state index contributed by atoms with van der Waals surface area (Å²) in [6.45, 7) is 7.03. The van der Waals surface area contributed by atoms with Crippen LogP contribution in [-0.4, -0.2) is 41.3 Å². The first-order chi connectivity index (χ1) is 12.3. The van der Waals surface area contributed by atoms with Crippen molar-refractivity contribution >= 4 is 17.6 Å². The highest BCUT2D eigenvalue weighted by atomic mass is 16.4. The van der Waals surface area contributed by atoms with Crippen molar-refractivity contribution in [3.63, 3.8) is 0 Å². The molecular weight excluding hydrogens is 332 g/mol. The lowest BCUT2D eigenvalue weighted by Crippen LogP contribution is -2.48. The van der Waals surface area contributed by atoms with E-state index in [9.17, 15) is 14.7 Å². The number of hydrogen-bond donors (Lipinski definition) is 4. The molecule has 0 saturated heterocycles. The molecule has 2 atom stereocenters. The van der Waals surface area contributed by atoms with E-state index in [1.165, 1.54) is 30.2 Å². The van der Waals surface area contributed by atoms with E-state index in [0.29, 0.717) is 6.54 Å². The molecule has 0 aromatic heterocycles. The number of carboxylic acids is 2. The van der Waals surface area contributed by atoms with Gasteiger partial charge in [0.15, 0.2) is 0 Å². The number of aryl methyl sites for hydroxylation is 2. The summed E-state index contributed by atoms with van der Waals surface area (Å²) < 4.78 is 0. The van der Waals surface area contributed by atoms with Gasteiger partial charge in [-0.2, -0.15) is 0 Å². The largest absolute Gasteiger partial charge is 0.481 e. The number of hydrogen-bond acceptors (Lipinski definition) is 4. The summed E-state index contributed by atoms with van der Waals surface area (Å²) in [4.78, 5) is 22.8. The zero-order valence-corrected chi connectivity index (χ0v) is 15.4. The van der Waals surface area contributed by atoms with E-state index >= 15 is 0 Å². The van der Waals surface area contributed by atoms with Gasteiger partial charge < -0.3 is 20.8 Å². The fraction of sp³-hybridized carbons (Fsp3) is 0.400. The second-order valence-electron chi connectivity index (χ2n) is 6.83. The minimum absolute atomic E-state index is 0.00430. The molecule has 0 fully saturated rings. The van der Waals surface area contributed by atoms with Gasteiger partial charge in [0.05, 0.1) is 5.57 Å². The van der Waals surface area contributed by atoms with E-state index in [1.807, 2.05) is 6.07 Å². The van der Waals surface area contributed by atoms with Crippen molar-refractivity contribution < 1.29 is 19.8 Å². The number of benzene rings is 1. The lowest BCUT2D eigenvalue weighted by Gasteiger charge is -2.33. The Labute approximate surface area is 153 Å². The first-order valence-electron chi connectivity index (χ1n) is 8.67. The Balaban J connectivity index is 1.90. The second kappa shape index (κ2) is 8.19. The van der Waals surface area contributed by atoms with Gasteiger partial charge in [-0.15, -0.1) is 0 Å². The maximum atomic E-state index is 11.7. The molecule has 0 aliphatic heterocycles. The summed E-state index contributed by atoms with van der Waals surface area (Å²) in [5.74, 6) is -2.17. The summed E-state index contributed by atoms with van der Waals surface area (Å²) in [7, 11) is 0. The molecule has 2 rings (SSSR count). The predicted octanol–water partition coefficient (Wildman–Crippen LogP) is 2.74. The Morgan fingerprint density at radius 2 is 1.81 bits per heavy atom. The lowest BCUT2D eigenvalue weighted by molar-refractivity contribution is -0.146. The molecule has 6 nitrogen and oxygen atoms in total. The number of anilines is 1. The molecule has 1 aromatic carbocycles. The van der Waals surface area contributed by atoms with Gasteiger partial charge in [0.2, 0.25) is 0 Å². The van der Waals surface area contributed by atoms with Crippen molar-refractivity contribution in [1.82, 2.24) is 5.32 Å². The van der Waals surface area contributed by atoms with Crippen LogP contribution in [0.15, 0.2) is 42.0 Å². The van der Waals surface area contributed by atoms with Gasteiger partial charge in [0.1, 0.15) is 5.41 Å². The summed E-state index contributed by atoms with van der Waals surface area (Å²) in [5.41, 5.74) is 2.23. The monoisotopic (exact) mass is 358 g/mol. The van der Waals surface area contributed by atoms with E-state index in [0.717, 1.165) is 18.7 Å². The van der Waals surface area contributed by atoms with E-state index in [4.69, 9.17) is 5.11 Å². The zero-order valence-electron chi connectivity index (χ0n) is 15.4. The van der Waals surface area contributed by atoms with Gasteiger partial charge in [0, 0.05) is 18.3 Å². The van der Waals surface area contributed by atoms with Gasteiger partial charge in [-0.3, -0.25) is 4.79 Å².